The van der Waals surface area contributed by atoms with E-state index >= 15 is 0 Å². The van der Waals surface area contributed by atoms with Crippen molar-refractivity contribution in [3.05, 3.63) is 17.5 Å². The number of hydrogen-bond acceptors (Lipinski definition) is 3. The second-order valence-corrected chi connectivity index (χ2v) is 4.25. The third-order valence-corrected chi connectivity index (χ3v) is 2.81. The quantitative estimate of drug-likeness (QED) is 0.800. The predicted octanol–water partition coefficient (Wildman–Crippen LogP) is 0.325. The molecule has 1 heterocycles. The molecule has 88 valence electrons. The van der Waals surface area contributed by atoms with Gasteiger partial charge in [0, 0.05) is 19.6 Å². The van der Waals surface area contributed by atoms with E-state index in [1.807, 2.05) is 6.92 Å². The third kappa shape index (κ3) is 2.09. The first kappa shape index (κ1) is 11.1. The lowest BCUT2D eigenvalue weighted by Gasteiger charge is -2.20. The lowest BCUT2D eigenvalue weighted by Crippen LogP contribution is -2.36. The fraction of sp³-hybridized carbons (Fsp3) is 0.636. The Kier molecular flexibility index (Phi) is 2.96. The third-order valence-electron chi connectivity index (χ3n) is 2.81. The summed E-state index contributed by atoms with van der Waals surface area (Å²) in [4.78, 5) is 14.0. The molecule has 1 aromatic heterocycles. The Morgan fingerprint density at radius 3 is 2.81 bits per heavy atom. The Morgan fingerprint density at radius 1 is 1.69 bits per heavy atom. The van der Waals surface area contributed by atoms with Gasteiger partial charge in [0.25, 0.3) is 5.91 Å². The number of amides is 1. The van der Waals surface area contributed by atoms with Crippen molar-refractivity contribution in [2.45, 2.75) is 25.8 Å². The van der Waals surface area contributed by atoms with E-state index in [4.69, 9.17) is 5.11 Å². The van der Waals surface area contributed by atoms with E-state index in [0.29, 0.717) is 18.3 Å². The maximum absolute atomic E-state index is 12.2. The van der Waals surface area contributed by atoms with E-state index < -0.39 is 0 Å². The second-order valence-electron chi connectivity index (χ2n) is 4.25. The van der Waals surface area contributed by atoms with Gasteiger partial charge in [-0.2, -0.15) is 5.10 Å². The minimum absolute atomic E-state index is 0.0130. The van der Waals surface area contributed by atoms with Crippen molar-refractivity contribution in [1.29, 1.82) is 0 Å². The van der Waals surface area contributed by atoms with Crippen LogP contribution < -0.4 is 0 Å². The van der Waals surface area contributed by atoms with Crippen LogP contribution in [0.25, 0.3) is 0 Å². The molecule has 0 aliphatic heterocycles. The zero-order valence-electron chi connectivity index (χ0n) is 9.68. The number of nitrogens with zero attached hydrogens (tertiary/aromatic N) is 3. The minimum Gasteiger partial charge on any atom is -0.395 e. The molecule has 0 unspecified atom stereocenters. The molecular weight excluding hydrogens is 206 g/mol. The van der Waals surface area contributed by atoms with Crippen LogP contribution in [-0.2, 0) is 7.05 Å². The highest BCUT2D eigenvalue weighted by molar-refractivity contribution is 5.93. The van der Waals surface area contributed by atoms with Gasteiger partial charge < -0.3 is 10.0 Å². The summed E-state index contributed by atoms with van der Waals surface area (Å²) in [5.41, 5.74) is 1.43. The number of aliphatic hydroxyl groups excluding tert-OH is 1. The summed E-state index contributed by atoms with van der Waals surface area (Å²) >= 11 is 0. The van der Waals surface area contributed by atoms with Crippen LogP contribution in [0.5, 0.6) is 0 Å². The smallest absolute Gasteiger partial charge is 0.272 e. The summed E-state index contributed by atoms with van der Waals surface area (Å²) in [5, 5.41) is 13.1. The molecule has 0 aromatic carbocycles. The van der Waals surface area contributed by atoms with E-state index in [0.717, 1.165) is 18.5 Å². The van der Waals surface area contributed by atoms with Crippen LogP contribution in [-0.4, -0.2) is 44.9 Å². The second kappa shape index (κ2) is 4.25. The van der Waals surface area contributed by atoms with Gasteiger partial charge in [0.2, 0.25) is 0 Å². The van der Waals surface area contributed by atoms with Crippen LogP contribution in [0.2, 0.25) is 0 Å². The van der Waals surface area contributed by atoms with Gasteiger partial charge in [-0.1, -0.05) is 0 Å². The van der Waals surface area contributed by atoms with E-state index in [1.165, 1.54) is 0 Å². The molecule has 1 saturated carbocycles. The molecule has 2 rings (SSSR count). The molecule has 0 spiro atoms. The van der Waals surface area contributed by atoms with Gasteiger partial charge in [-0.25, -0.2) is 0 Å². The Hall–Kier alpha value is -1.36. The van der Waals surface area contributed by atoms with Crippen LogP contribution in [0.3, 0.4) is 0 Å². The topological polar surface area (TPSA) is 58.4 Å². The standard InChI is InChI=1S/C11H17N3O2/c1-8-7-10(13(2)12-8)11(16)14(5-6-15)9-3-4-9/h7,9,15H,3-6H2,1-2H3. The van der Waals surface area contributed by atoms with Crippen LogP contribution in [0.1, 0.15) is 29.0 Å². The van der Waals surface area contributed by atoms with Crippen molar-refractivity contribution in [2.24, 2.45) is 7.05 Å². The molecule has 1 aromatic rings. The molecule has 1 N–H and O–H groups in total. The number of aliphatic hydroxyl groups is 1. The van der Waals surface area contributed by atoms with Crippen molar-refractivity contribution in [2.75, 3.05) is 13.2 Å². The number of rotatable bonds is 4. The number of carbonyl (C=O) groups excluding carboxylic acids is 1. The highest BCUT2D eigenvalue weighted by Gasteiger charge is 2.33. The molecular formula is C11H17N3O2. The summed E-state index contributed by atoms with van der Waals surface area (Å²) in [6.45, 7) is 2.29. The molecule has 5 heteroatoms. The lowest BCUT2D eigenvalue weighted by molar-refractivity contribution is 0.0696. The zero-order valence-corrected chi connectivity index (χ0v) is 9.68. The molecule has 0 saturated heterocycles. The van der Waals surface area contributed by atoms with Crippen molar-refractivity contribution in [3.63, 3.8) is 0 Å². The monoisotopic (exact) mass is 223 g/mol. The number of hydrogen-bond donors (Lipinski definition) is 1. The van der Waals surface area contributed by atoms with E-state index in [1.54, 1.807) is 22.7 Å². The molecule has 1 fully saturated rings. The van der Waals surface area contributed by atoms with Gasteiger partial charge in [-0.3, -0.25) is 9.48 Å². The SMILES string of the molecule is Cc1cc(C(=O)N(CCO)C2CC2)n(C)n1. The summed E-state index contributed by atoms with van der Waals surface area (Å²) in [5.74, 6) is -0.0281. The fourth-order valence-electron chi connectivity index (χ4n) is 1.90. The Labute approximate surface area is 94.7 Å². The number of aromatic nitrogens is 2. The zero-order chi connectivity index (χ0) is 11.7. The molecule has 0 atom stereocenters. The largest absolute Gasteiger partial charge is 0.395 e. The van der Waals surface area contributed by atoms with Crippen molar-refractivity contribution in [1.82, 2.24) is 14.7 Å². The summed E-state index contributed by atoms with van der Waals surface area (Å²) in [6.07, 6.45) is 2.09. The molecule has 1 aliphatic rings. The highest BCUT2D eigenvalue weighted by Crippen LogP contribution is 2.27. The number of carbonyl (C=O) groups is 1. The van der Waals surface area contributed by atoms with Crippen LogP contribution >= 0.6 is 0 Å². The Morgan fingerprint density at radius 2 is 2.38 bits per heavy atom. The van der Waals surface area contributed by atoms with Crippen LogP contribution in [0.4, 0.5) is 0 Å². The van der Waals surface area contributed by atoms with Gasteiger partial charge in [0.15, 0.2) is 0 Å². The minimum atomic E-state index is -0.0281. The predicted molar refractivity (Wildman–Crippen MR) is 59.1 cm³/mol. The van der Waals surface area contributed by atoms with Gasteiger partial charge >= 0.3 is 0 Å². The Bertz CT molecular complexity index is 396. The summed E-state index contributed by atoms with van der Waals surface area (Å²) < 4.78 is 1.60. The van der Waals surface area contributed by atoms with Crippen LogP contribution in [0, 0.1) is 6.92 Å². The number of aryl methyl sites for hydroxylation is 2. The lowest BCUT2D eigenvalue weighted by atomic mass is 10.3. The average Bonchev–Trinajstić information content (AvgIpc) is 3.00. The van der Waals surface area contributed by atoms with Gasteiger partial charge in [0.1, 0.15) is 5.69 Å². The molecule has 16 heavy (non-hydrogen) atoms. The van der Waals surface area contributed by atoms with Gasteiger partial charge in [0.05, 0.1) is 12.3 Å². The van der Waals surface area contributed by atoms with Crippen molar-refractivity contribution >= 4 is 5.91 Å². The van der Waals surface area contributed by atoms with Gasteiger partial charge in [-0.05, 0) is 25.8 Å². The average molecular weight is 223 g/mol. The molecule has 1 aliphatic carbocycles. The summed E-state index contributed by atoms with van der Waals surface area (Å²) in [7, 11) is 1.77. The van der Waals surface area contributed by atoms with E-state index in [2.05, 4.69) is 5.10 Å². The Balaban J connectivity index is 2.18. The summed E-state index contributed by atoms with van der Waals surface area (Å²) in [6, 6.07) is 2.10. The van der Waals surface area contributed by atoms with Crippen LogP contribution in [0.15, 0.2) is 6.07 Å². The first-order valence-corrected chi connectivity index (χ1v) is 5.56. The molecule has 5 nitrogen and oxygen atoms in total. The normalized spacial score (nSPS) is 15.2. The highest BCUT2D eigenvalue weighted by atomic mass is 16.3. The van der Waals surface area contributed by atoms with Gasteiger partial charge in [-0.15, -0.1) is 0 Å². The molecule has 1 amide bonds. The fourth-order valence-corrected chi connectivity index (χ4v) is 1.90. The maximum atomic E-state index is 12.2. The first-order valence-electron chi connectivity index (χ1n) is 5.56. The van der Waals surface area contributed by atoms with Crippen molar-refractivity contribution in [3.8, 4) is 0 Å². The van der Waals surface area contributed by atoms with Crippen molar-refractivity contribution < 1.29 is 9.90 Å². The first-order chi connectivity index (χ1) is 7.63. The molecule has 0 radical (unpaired) electrons. The maximum Gasteiger partial charge on any atom is 0.272 e. The molecule has 0 bridgehead atoms. The van der Waals surface area contributed by atoms with E-state index in [-0.39, 0.29) is 12.5 Å². The van der Waals surface area contributed by atoms with E-state index in [9.17, 15) is 4.79 Å².